The first-order valence-corrected chi connectivity index (χ1v) is 9.56. The van der Waals surface area contributed by atoms with E-state index in [0.29, 0.717) is 5.02 Å². The molecule has 1 aromatic heterocycles. The maximum atomic E-state index is 12.4. The summed E-state index contributed by atoms with van der Waals surface area (Å²) in [6.07, 6.45) is 0.579. The van der Waals surface area contributed by atoms with Crippen LogP contribution in [-0.4, -0.2) is 49.7 Å². The largest absolute Gasteiger partial charge is 0.479 e. The maximum absolute atomic E-state index is 12.4. The van der Waals surface area contributed by atoms with Crippen LogP contribution in [0.4, 0.5) is 0 Å². The van der Waals surface area contributed by atoms with E-state index in [1.165, 1.54) is 11.2 Å². The normalized spacial score (nSPS) is 11.8. The van der Waals surface area contributed by atoms with E-state index in [4.69, 9.17) is 16.7 Å². The molecule has 3 aromatic rings. The Balaban J connectivity index is 1.75. The van der Waals surface area contributed by atoms with Gasteiger partial charge < -0.3 is 15.2 Å². The minimum atomic E-state index is -1.71. The van der Waals surface area contributed by atoms with Crippen molar-refractivity contribution in [1.29, 1.82) is 0 Å². The highest BCUT2D eigenvalue weighted by Gasteiger charge is 2.20. The second kappa shape index (κ2) is 9.98. The smallest absolute Gasteiger partial charge is 0.344 e. The van der Waals surface area contributed by atoms with Gasteiger partial charge in [0.05, 0.1) is 12.1 Å². The molecule has 0 bridgehead atoms. The average Bonchev–Trinajstić information content (AvgIpc) is 2.74. The lowest BCUT2D eigenvalue weighted by molar-refractivity contribution is -0.148. The molecule has 1 atom stereocenters. The van der Waals surface area contributed by atoms with Gasteiger partial charge in [-0.15, -0.1) is 0 Å². The van der Waals surface area contributed by atoms with Crippen LogP contribution in [0.3, 0.4) is 0 Å². The van der Waals surface area contributed by atoms with E-state index in [-0.39, 0.29) is 18.7 Å². The molecular weight excluding hydrogens is 424 g/mol. The van der Waals surface area contributed by atoms with Gasteiger partial charge in [0.25, 0.3) is 5.91 Å². The van der Waals surface area contributed by atoms with Crippen LogP contribution in [0, 0.1) is 0 Å². The second-order valence-electron chi connectivity index (χ2n) is 6.69. The van der Waals surface area contributed by atoms with E-state index >= 15 is 0 Å². The van der Waals surface area contributed by atoms with Crippen molar-refractivity contribution < 1.29 is 19.8 Å². The minimum absolute atomic E-state index is 0.0747. The fourth-order valence-corrected chi connectivity index (χ4v) is 2.99. The van der Waals surface area contributed by atoms with E-state index < -0.39 is 23.7 Å². The van der Waals surface area contributed by atoms with Gasteiger partial charge in [-0.2, -0.15) is 0 Å². The lowest BCUT2D eigenvalue weighted by atomic mass is 10.0. The number of halogens is 1. The number of aromatic nitrogens is 2. The first-order valence-electron chi connectivity index (χ1n) is 9.18. The average molecular weight is 443 g/mol. The number of benzene rings is 2. The molecule has 9 nitrogen and oxygen atoms in total. The highest BCUT2D eigenvalue weighted by atomic mass is 35.5. The Morgan fingerprint density at radius 1 is 1.16 bits per heavy atom. The number of aliphatic hydroxyl groups excluding tert-OH is 1. The number of rotatable bonds is 8. The zero-order valence-corrected chi connectivity index (χ0v) is 16.9. The molecule has 0 aliphatic rings. The lowest BCUT2D eigenvalue weighted by Crippen LogP contribution is -2.47. The van der Waals surface area contributed by atoms with Crippen molar-refractivity contribution in [2.45, 2.75) is 12.6 Å². The molecule has 0 saturated carbocycles. The molecule has 0 radical (unpaired) electrons. The van der Waals surface area contributed by atoms with Gasteiger partial charge in [-0.05, 0) is 28.8 Å². The Hall–Kier alpha value is -3.53. The van der Waals surface area contributed by atoms with Gasteiger partial charge in [-0.1, -0.05) is 48.0 Å². The Morgan fingerprint density at radius 2 is 1.90 bits per heavy atom. The van der Waals surface area contributed by atoms with Gasteiger partial charge in [-0.3, -0.25) is 10.2 Å². The number of aliphatic hydroxyl groups is 1. The summed E-state index contributed by atoms with van der Waals surface area (Å²) >= 11 is 6.03. The number of aromatic amines is 1. The topological polar surface area (TPSA) is 136 Å². The third-order valence-electron chi connectivity index (χ3n) is 4.36. The fraction of sp³-hybridized carbons (Fsp3) is 0.143. The Bertz CT molecular complexity index is 1110. The van der Waals surface area contributed by atoms with Crippen molar-refractivity contribution >= 4 is 23.5 Å². The van der Waals surface area contributed by atoms with Gasteiger partial charge in [-0.25, -0.2) is 19.6 Å². The summed E-state index contributed by atoms with van der Waals surface area (Å²) in [6.45, 7) is -0.226. The number of nitrogens with one attached hydrogen (secondary N) is 2. The fourth-order valence-electron chi connectivity index (χ4n) is 2.80. The maximum Gasteiger partial charge on any atom is 0.344 e. The third kappa shape index (κ3) is 6.22. The number of nitrogens with zero attached hydrogens (tertiary/aromatic N) is 2. The van der Waals surface area contributed by atoms with Crippen LogP contribution >= 0.6 is 11.6 Å². The van der Waals surface area contributed by atoms with Crippen LogP contribution in [-0.2, 0) is 11.3 Å². The number of hydrogen-bond donors (Lipinski definition) is 4. The summed E-state index contributed by atoms with van der Waals surface area (Å²) in [6, 6.07) is 14.8. The van der Waals surface area contributed by atoms with Crippen molar-refractivity contribution in [3.8, 4) is 11.1 Å². The molecule has 4 N–H and O–H groups in total. The van der Waals surface area contributed by atoms with Gasteiger partial charge in [0.2, 0.25) is 0 Å². The van der Waals surface area contributed by atoms with Gasteiger partial charge in [0.15, 0.2) is 6.10 Å². The third-order valence-corrected chi connectivity index (χ3v) is 4.59. The summed E-state index contributed by atoms with van der Waals surface area (Å²) in [5, 5.41) is 20.7. The van der Waals surface area contributed by atoms with Gasteiger partial charge >= 0.3 is 11.7 Å². The van der Waals surface area contributed by atoms with Crippen LogP contribution < -0.4 is 11.1 Å². The predicted octanol–water partition coefficient (Wildman–Crippen LogP) is 1.68. The van der Waals surface area contributed by atoms with Crippen LogP contribution in [0.15, 0.2) is 65.7 Å². The summed E-state index contributed by atoms with van der Waals surface area (Å²) in [4.78, 5) is 40.3. The van der Waals surface area contributed by atoms with Crippen molar-refractivity contribution in [2.75, 3.05) is 6.54 Å². The number of carbonyl (C=O) groups is 2. The Labute approximate surface area is 181 Å². The summed E-state index contributed by atoms with van der Waals surface area (Å²) in [5.41, 5.74) is 4.65. The quantitative estimate of drug-likeness (QED) is 0.390. The van der Waals surface area contributed by atoms with Gasteiger partial charge in [0, 0.05) is 24.0 Å². The van der Waals surface area contributed by atoms with Crippen LogP contribution in [0.5, 0.6) is 0 Å². The number of aliphatic carboxylic acids is 1. The monoisotopic (exact) mass is 442 g/mol. The molecule has 2 aromatic carbocycles. The zero-order valence-electron chi connectivity index (χ0n) is 16.2. The van der Waals surface area contributed by atoms with E-state index in [0.717, 1.165) is 22.9 Å². The first kappa shape index (κ1) is 22.2. The number of carboxylic acids is 1. The summed E-state index contributed by atoms with van der Waals surface area (Å²) < 4.78 is 0. The van der Waals surface area contributed by atoms with Crippen molar-refractivity contribution in [1.82, 2.24) is 20.4 Å². The van der Waals surface area contributed by atoms with Gasteiger partial charge in [0.1, 0.15) is 0 Å². The predicted molar refractivity (Wildman–Crippen MR) is 113 cm³/mol. The Morgan fingerprint density at radius 3 is 2.52 bits per heavy atom. The van der Waals surface area contributed by atoms with E-state index in [1.807, 2.05) is 42.5 Å². The SMILES string of the molecule is O=C(NN(Cc1ccc(-c2cccc(Cl)c2)cc1)C[C@@H](O)C(=O)O)c1cnc(=O)[nH]c1. The number of hydrogen-bond acceptors (Lipinski definition) is 6. The molecule has 1 amide bonds. The van der Waals surface area contributed by atoms with E-state index in [9.17, 15) is 19.5 Å². The van der Waals surface area contributed by atoms with Crippen LogP contribution in [0.25, 0.3) is 11.1 Å². The lowest BCUT2D eigenvalue weighted by Gasteiger charge is -2.24. The van der Waals surface area contributed by atoms with Crippen LogP contribution in [0.1, 0.15) is 15.9 Å². The number of amides is 1. The summed E-state index contributed by atoms with van der Waals surface area (Å²) in [5.74, 6) is -2.03. The number of H-pyrrole nitrogens is 1. The molecule has 1 heterocycles. The van der Waals surface area contributed by atoms with Crippen molar-refractivity contribution in [3.63, 3.8) is 0 Å². The number of carboxylic acid groups (broad SMARTS) is 1. The molecule has 0 spiro atoms. The molecule has 10 heteroatoms. The second-order valence-corrected chi connectivity index (χ2v) is 7.13. The number of carbonyl (C=O) groups excluding carboxylic acids is 1. The highest BCUT2D eigenvalue weighted by molar-refractivity contribution is 6.30. The molecule has 160 valence electrons. The Kier molecular flexibility index (Phi) is 7.14. The zero-order chi connectivity index (χ0) is 22.4. The minimum Gasteiger partial charge on any atom is -0.479 e. The molecule has 0 aliphatic heterocycles. The molecule has 0 fully saturated rings. The standard InChI is InChI=1S/C21H19ClN4O5/c22-17-3-1-2-15(8-17)14-6-4-13(5-7-14)11-26(12-18(27)20(29)30)25-19(28)16-9-23-21(31)24-10-16/h1-10,18,27H,11-12H2,(H,25,28)(H,29,30)(H,23,24,31)/t18-/m1/s1. The van der Waals surface area contributed by atoms with Crippen molar-refractivity contribution in [2.24, 2.45) is 0 Å². The molecule has 0 aliphatic carbocycles. The molecule has 0 saturated heterocycles. The van der Waals surface area contributed by atoms with Crippen LogP contribution in [0.2, 0.25) is 5.02 Å². The highest BCUT2D eigenvalue weighted by Crippen LogP contribution is 2.23. The molecule has 3 rings (SSSR count). The number of hydrazine groups is 1. The first-order chi connectivity index (χ1) is 14.8. The molecular formula is C21H19ClN4O5. The molecule has 0 unspecified atom stereocenters. The van der Waals surface area contributed by atoms with E-state index in [1.54, 1.807) is 6.07 Å². The summed E-state index contributed by atoms with van der Waals surface area (Å²) in [7, 11) is 0. The van der Waals surface area contributed by atoms with Crippen molar-refractivity contribution in [3.05, 3.63) is 87.6 Å². The van der Waals surface area contributed by atoms with E-state index in [2.05, 4.69) is 15.4 Å². The molecule has 31 heavy (non-hydrogen) atoms.